The largest absolute Gasteiger partial charge is 0.480 e. The Bertz CT molecular complexity index is 334. The number of furan rings is 1. The first-order valence-electron chi connectivity index (χ1n) is 5.22. The zero-order valence-electron chi connectivity index (χ0n) is 8.72. The minimum Gasteiger partial charge on any atom is -0.480 e. The lowest BCUT2D eigenvalue weighted by molar-refractivity contribution is -0.143. The second-order valence-corrected chi connectivity index (χ2v) is 3.93. The van der Waals surface area contributed by atoms with Gasteiger partial charge in [0.05, 0.1) is 12.3 Å². The Labute approximate surface area is 88.5 Å². The third-order valence-corrected chi connectivity index (χ3v) is 3.03. The summed E-state index contributed by atoms with van der Waals surface area (Å²) >= 11 is 0. The number of likely N-dealkylation sites (tertiary alicyclic amines) is 1. The van der Waals surface area contributed by atoms with E-state index >= 15 is 0 Å². The molecule has 2 unspecified atom stereocenters. The van der Waals surface area contributed by atoms with Crippen molar-refractivity contribution in [2.45, 2.75) is 31.8 Å². The van der Waals surface area contributed by atoms with Crippen molar-refractivity contribution in [1.29, 1.82) is 0 Å². The average molecular weight is 209 g/mol. The number of rotatable bonds is 3. The van der Waals surface area contributed by atoms with Gasteiger partial charge in [0, 0.05) is 0 Å². The van der Waals surface area contributed by atoms with E-state index in [2.05, 4.69) is 0 Å². The quantitative estimate of drug-likeness (QED) is 0.825. The molecule has 1 N–H and O–H groups in total. The lowest BCUT2D eigenvalue weighted by Crippen LogP contribution is -2.37. The molecule has 15 heavy (non-hydrogen) atoms. The van der Waals surface area contributed by atoms with E-state index in [1.165, 1.54) is 0 Å². The zero-order valence-corrected chi connectivity index (χ0v) is 8.72. The maximum absolute atomic E-state index is 11.0. The highest BCUT2D eigenvalue weighted by Gasteiger charge is 2.34. The van der Waals surface area contributed by atoms with Crippen molar-refractivity contribution in [3.8, 4) is 0 Å². The van der Waals surface area contributed by atoms with Crippen LogP contribution in [0.25, 0.3) is 0 Å². The number of carbonyl (C=O) groups is 1. The van der Waals surface area contributed by atoms with Crippen LogP contribution in [0.1, 0.15) is 31.6 Å². The highest BCUT2D eigenvalue weighted by Crippen LogP contribution is 2.29. The molecular weight excluding hydrogens is 194 g/mol. The van der Waals surface area contributed by atoms with Gasteiger partial charge < -0.3 is 9.52 Å². The fourth-order valence-corrected chi connectivity index (χ4v) is 2.21. The Morgan fingerprint density at radius 3 is 3.13 bits per heavy atom. The molecule has 4 heteroatoms. The van der Waals surface area contributed by atoms with Crippen molar-refractivity contribution in [3.63, 3.8) is 0 Å². The minimum atomic E-state index is -0.731. The molecule has 0 bridgehead atoms. The molecule has 1 aliphatic rings. The predicted molar refractivity (Wildman–Crippen MR) is 54.5 cm³/mol. The number of aliphatic carboxylic acids is 1. The summed E-state index contributed by atoms with van der Waals surface area (Å²) in [6, 6.07) is 3.41. The van der Waals surface area contributed by atoms with Crippen LogP contribution in [-0.4, -0.2) is 28.6 Å². The lowest BCUT2D eigenvalue weighted by atomic mass is 10.1. The zero-order chi connectivity index (χ0) is 10.8. The molecule has 2 heterocycles. The van der Waals surface area contributed by atoms with Crippen molar-refractivity contribution >= 4 is 5.97 Å². The SMILES string of the molecule is CC(c1ccco1)N1CCCC1C(=O)O. The molecule has 0 aliphatic carbocycles. The van der Waals surface area contributed by atoms with Gasteiger partial charge in [-0.1, -0.05) is 0 Å². The number of carboxylic acid groups (broad SMARTS) is 1. The normalized spacial score (nSPS) is 24.2. The lowest BCUT2D eigenvalue weighted by Gasteiger charge is -2.26. The average Bonchev–Trinajstić information content (AvgIpc) is 2.88. The Balaban J connectivity index is 2.13. The van der Waals surface area contributed by atoms with Crippen molar-refractivity contribution in [3.05, 3.63) is 24.2 Å². The van der Waals surface area contributed by atoms with E-state index < -0.39 is 5.97 Å². The molecule has 1 aromatic heterocycles. The van der Waals surface area contributed by atoms with Crippen LogP contribution in [0.5, 0.6) is 0 Å². The van der Waals surface area contributed by atoms with Crippen LogP contribution >= 0.6 is 0 Å². The Kier molecular flexibility index (Phi) is 2.77. The molecule has 1 fully saturated rings. The number of hydrogen-bond acceptors (Lipinski definition) is 3. The van der Waals surface area contributed by atoms with E-state index in [-0.39, 0.29) is 12.1 Å². The van der Waals surface area contributed by atoms with Crippen molar-refractivity contribution < 1.29 is 14.3 Å². The maximum Gasteiger partial charge on any atom is 0.320 e. The molecule has 82 valence electrons. The van der Waals surface area contributed by atoms with Crippen LogP contribution in [0, 0.1) is 0 Å². The van der Waals surface area contributed by atoms with Crippen LogP contribution in [0.4, 0.5) is 0 Å². The highest BCUT2D eigenvalue weighted by atomic mass is 16.4. The summed E-state index contributed by atoms with van der Waals surface area (Å²) in [5.74, 6) is 0.106. The second kappa shape index (κ2) is 4.06. The maximum atomic E-state index is 11.0. The van der Waals surface area contributed by atoms with Gasteiger partial charge in [-0.15, -0.1) is 0 Å². The van der Waals surface area contributed by atoms with E-state index in [4.69, 9.17) is 9.52 Å². The monoisotopic (exact) mass is 209 g/mol. The standard InChI is InChI=1S/C11H15NO3/c1-8(10-5-3-7-15-10)12-6-2-4-9(12)11(13)14/h3,5,7-9H,2,4,6H2,1H3,(H,13,14). The molecule has 0 saturated carbocycles. The molecular formula is C11H15NO3. The van der Waals surface area contributed by atoms with E-state index in [0.29, 0.717) is 0 Å². The molecule has 4 nitrogen and oxygen atoms in total. The fourth-order valence-electron chi connectivity index (χ4n) is 2.21. The number of carboxylic acids is 1. The smallest absolute Gasteiger partial charge is 0.320 e. The summed E-state index contributed by atoms with van der Waals surface area (Å²) in [5, 5.41) is 9.06. The molecule has 0 aromatic carbocycles. The second-order valence-electron chi connectivity index (χ2n) is 3.93. The van der Waals surface area contributed by atoms with Gasteiger partial charge in [0.2, 0.25) is 0 Å². The van der Waals surface area contributed by atoms with Gasteiger partial charge >= 0.3 is 5.97 Å². The summed E-state index contributed by atoms with van der Waals surface area (Å²) in [7, 11) is 0. The topological polar surface area (TPSA) is 53.7 Å². The van der Waals surface area contributed by atoms with Crippen LogP contribution in [0.3, 0.4) is 0 Å². The summed E-state index contributed by atoms with van der Waals surface area (Å²) in [6.07, 6.45) is 3.31. The van der Waals surface area contributed by atoms with Crippen molar-refractivity contribution in [2.24, 2.45) is 0 Å². The molecule has 1 aromatic rings. The predicted octanol–water partition coefficient (Wildman–Crippen LogP) is 1.89. The highest BCUT2D eigenvalue weighted by molar-refractivity contribution is 5.73. The third-order valence-electron chi connectivity index (χ3n) is 3.03. The summed E-state index contributed by atoms with van der Waals surface area (Å²) in [6.45, 7) is 2.82. The third kappa shape index (κ3) is 1.90. The molecule has 1 saturated heterocycles. The molecule has 2 atom stereocenters. The summed E-state index contributed by atoms with van der Waals surface area (Å²) in [5.41, 5.74) is 0. The van der Waals surface area contributed by atoms with Crippen LogP contribution in [0.15, 0.2) is 22.8 Å². The van der Waals surface area contributed by atoms with Gasteiger partial charge in [-0.3, -0.25) is 9.69 Å². The van der Waals surface area contributed by atoms with Crippen LogP contribution in [-0.2, 0) is 4.79 Å². The van der Waals surface area contributed by atoms with Gasteiger partial charge in [-0.2, -0.15) is 0 Å². The first kappa shape index (κ1) is 10.2. The molecule has 0 radical (unpaired) electrons. The Morgan fingerprint density at radius 2 is 2.53 bits per heavy atom. The minimum absolute atomic E-state index is 0.0450. The van der Waals surface area contributed by atoms with Gasteiger partial charge in [0.15, 0.2) is 0 Å². The molecule has 0 amide bonds. The van der Waals surface area contributed by atoms with Gasteiger partial charge in [-0.05, 0) is 38.4 Å². The first-order chi connectivity index (χ1) is 7.20. The van der Waals surface area contributed by atoms with E-state index in [1.807, 2.05) is 24.0 Å². The van der Waals surface area contributed by atoms with Crippen LogP contribution < -0.4 is 0 Å². The van der Waals surface area contributed by atoms with Gasteiger partial charge in [0.25, 0.3) is 0 Å². The summed E-state index contributed by atoms with van der Waals surface area (Å²) < 4.78 is 5.30. The van der Waals surface area contributed by atoms with Gasteiger partial charge in [0.1, 0.15) is 11.8 Å². The summed E-state index contributed by atoms with van der Waals surface area (Å²) in [4.78, 5) is 13.0. The Morgan fingerprint density at radius 1 is 1.73 bits per heavy atom. The van der Waals surface area contributed by atoms with E-state index in [9.17, 15) is 4.79 Å². The number of hydrogen-bond donors (Lipinski definition) is 1. The van der Waals surface area contributed by atoms with Gasteiger partial charge in [-0.25, -0.2) is 0 Å². The molecule has 2 rings (SSSR count). The molecule has 1 aliphatic heterocycles. The fraction of sp³-hybridized carbons (Fsp3) is 0.545. The Hall–Kier alpha value is -1.29. The van der Waals surface area contributed by atoms with E-state index in [0.717, 1.165) is 25.1 Å². The van der Waals surface area contributed by atoms with Crippen molar-refractivity contribution in [1.82, 2.24) is 4.90 Å². The van der Waals surface area contributed by atoms with Crippen LogP contribution in [0.2, 0.25) is 0 Å². The van der Waals surface area contributed by atoms with E-state index in [1.54, 1.807) is 6.26 Å². The molecule has 0 spiro atoms. The number of nitrogens with zero attached hydrogens (tertiary/aromatic N) is 1. The van der Waals surface area contributed by atoms with Crippen molar-refractivity contribution in [2.75, 3.05) is 6.54 Å². The first-order valence-corrected chi connectivity index (χ1v) is 5.22.